The van der Waals surface area contributed by atoms with Crippen LogP contribution in [0, 0.1) is 17.8 Å². The van der Waals surface area contributed by atoms with Gasteiger partial charge in [0.2, 0.25) is 0 Å². The zero-order valence-corrected chi connectivity index (χ0v) is 12.5. The van der Waals surface area contributed by atoms with Crippen LogP contribution in [0.2, 0.25) is 0 Å². The highest BCUT2D eigenvalue weighted by atomic mass is 14.3. The van der Waals surface area contributed by atoms with Crippen molar-refractivity contribution >= 4 is 0 Å². The first-order valence-electron chi connectivity index (χ1n) is 7.91. The maximum Gasteiger partial charge on any atom is -0.0175 e. The number of allylic oxidation sites excluding steroid dienone is 2. The summed E-state index contributed by atoms with van der Waals surface area (Å²) >= 11 is 0. The lowest BCUT2D eigenvalue weighted by atomic mass is 9.69. The van der Waals surface area contributed by atoms with Crippen LogP contribution in [0.1, 0.15) is 79.1 Å². The molecule has 100 valence electrons. The molecule has 1 rings (SSSR count). The predicted molar refractivity (Wildman–Crippen MR) is 78.2 cm³/mol. The van der Waals surface area contributed by atoms with Crippen molar-refractivity contribution in [3.05, 3.63) is 11.6 Å². The molecule has 0 aliphatic heterocycles. The average molecular weight is 236 g/mol. The molecule has 0 bridgehead atoms. The summed E-state index contributed by atoms with van der Waals surface area (Å²) in [7, 11) is 0. The van der Waals surface area contributed by atoms with Gasteiger partial charge in [0.15, 0.2) is 0 Å². The van der Waals surface area contributed by atoms with E-state index in [0.717, 1.165) is 17.8 Å². The van der Waals surface area contributed by atoms with Crippen LogP contribution in [0.3, 0.4) is 0 Å². The van der Waals surface area contributed by atoms with Crippen molar-refractivity contribution in [2.45, 2.75) is 79.1 Å². The van der Waals surface area contributed by atoms with Crippen LogP contribution in [0.25, 0.3) is 0 Å². The number of hydrogen-bond donors (Lipinski definition) is 0. The quantitative estimate of drug-likeness (QED) is 0.498. The van der Waals surface area contributed by atoms with E-state index in [0.29, 0.717) is 0 Å². The second-order valence-electron chi connectivity index (χ2n) is 5.99. The highest BCUT2D eigenvalue weighted by Gasteiger charge is 2.28. The monoisotopic (exact) mass is 236 g/mol. The van der Waals surface area contributed by atoms with Crippen molar-refractivity contribution in [2.24, 2.45) is 17.8 Å². The second kappa shape index (κ2) is 7.95. The maximum absolute atomic E-state index is 2.53. The fourth-order valence-corrected chi connectivity index (χ4v) is 3.59. The number of rotatable bonds is 6. The van der Waals surface area contributed by atoms with Crippen LogP contribution in [0.5, 0.6) is 0 Å². The Balaban J connectivity index is 2.66. The molecule has 1 saturated carbocycles. The van der Waals surface area contributed by atoms with E-state index in [1.807, 2.05) is 0 Å². The molecule has 3 unspecified atom stereocenters. The third-order valence-electron chi connectivity index (χ3n) is 4.48. The normalized spacial score (nSPS) is 30.6. The van der Waals surface area contributed by atoms with Gasteiger partial charge >= 0.3 is 0 Å². The third kappa shape index (κ3) is 4.48. The van der Waals surface area contributed by atoms with Gasteiger partial charge in [0.25, 0.3) is 0 Å². The van der Waals surface area contributed by atoms with Gasteiger partial charge in [-0.3, -0.25) is 0 Å². The summed E-state index contributed by atoms with van der Waals surface area (Å²) in [6, 6.07) is 0. The van der Waals surface area contributed by atoms with Gasteiger partial charge < -0.3 is 0 Å². The maximum atomic E-state index is 2.53. The lowest BCUT2D eigenvalue weighted by Crippen LogP contribution is -2.24. The molecule has 3 atom stereocenters. The summed E-state index contributed by atoms with van der Waals surface area (Å²) < 4.78 is 0. The van der Waals surface area contributed by atoms with Crippen molar-refractivity contribution in [3.8, 4) is 0 Å². The lowest BCUT2D eigenvalue weighted by molar-refractivity contribution is 0.208. The smallest absolute Gasteiger partial charge is 0.0175 e. The Kier molecular flexibility index (Phi) is 6.92. The van der Waals surface area contributed by atoms with Crippen molar-refractivity contribution < 1.29 is 0 Å². The Morgan fingerprint density at radius 1 is 1.12 bits per heavy atom. The van der Waals surface area contributed by atoms with Crippen molar-refractivity contribution in [2.75, 3.05) is 0 Å². The van der Waals surface area contributed by atoms with Gasteiger partial charge in [-0.05, 0) is 43.4 Å². The van der Waals surface area contributed by atoms with E-state index in [9.17, 15) is 0 Å². The van der Waals surface area contributed by atoms with Gasteiger partial charge in [0, 0.05) is 0 Å². The van der Waals surface area contributed by atoms with Gasteiger partial charge in [0.05, 0.1) is 0 Å². The van der Waals surface area contributed by atoms with E-state index in [1.54, 1.807) is 5.57 Å². The van der Waals surface area contributed by atoms with Crippen LogP contribution in [0.15, 0.2) is 11.6 Å². The fraction of sp³-hybridized carbons (Fsp3) is 0.882. The van der Waals surface area contributed by atoms with Gasteiger partial charge in [-0.2, -0.15) is 0 Å². The zero-order valence-electron chi connectivity index (χ0n) is 12.5. The Morgan fingerprint density at radius 3 is 2.47 bits per heavy atom. The molecule has 0 amide bonds. The van der Waals surface area contributed by atoms with E-state index in [2.05, 4.69) is 33.8 Å². The van der Waals surface area contributed by atoms with Gasteiger partial charge in [-0.15, -0.1) is 0 Å². The Bertz CT molecular complexity index is 226. The van der Waals surface area contributed by atoms with E-state index in [1.165, 1.54) is 51.4 Å². The fourth-order valence-electron chi connectivity index (χ4n) is 3.59. The molecule has 0 aromatic heterocycles. The van der Waals surface area contributed by atoms with E-state index in [4.69, 9.17) is 0 Å². The molecular weight excluding hydrogens is 204 g/mol. The van der Waals surface area contributed by atoms with Gasteiger partial charge in [0.1, 0.15) is 0 Å². The summed E-state index contributed by atoms with van der Waals surface area (Å²) in [6.45, 7) is 9.42. The molecule has 0 nitrogen and oxygen atoms in total. The molecule has 0 heteroatoms. The topological polar surface area (TPSA) is 0 Å². The van der Waals surface area contributed by atoms with Crippen molar-refractivity contribution in [3.63, 3.8) is 0 Å². The summed E-state index contributed by atoms with van der Waals surface area (Å²) in [5.41, 5.74) is 1.78. The van der Waals surface area contributed by atoms with Crippen molar-refractivity contribution in [1.82, 2.24) is 0 Å². The first-order chi connectivity index (χ1) is 8.22. The third-order valence-corrected chi connectivity index (χ3v) is 4.48. The molecule has 0 radical (unpaired) electrons. The van der Waals surface area contributed by atoms with Crippen LogP contribution in [-0.2, 0) is 0 Å². The van der Waals surface area contributed by atoms with E-state index in [-0.39, 0.29) is 0 Å². The first kappa shape index (κ1) is 14.8. The zero-order chi connectivity index (χ0) is 12.7. The predicted octanol–water partition coefficient (Wildman–Crippen LogP) is 5.98. The first-order valence-corrected chi connectivity index (χ1v) is 7.91. The van der Waals surface area contributed by atoms with Crippen LogP contribution in [0.4, 0.5) is 0 Å². The second-order valence-corrected chi connectivity index (χ2v) is 5.99. The molecule has 17 heavy (non-hydrogen) atoms. The van der Waals surface area contributed by atoms with Crippen LogP contribution in [-0.4, -0.2) is 0 Å². The summed E-state index contributed by atoms with van der Waals surface area (Å²) in [4.78, 5) is 0. The average Bonchev–Trinajstić information content (AvgIpc) is 2.32. The molecule has 1 aliphatic carbocycles. The molecule has 1 fully saturated rings. The molecule has 0 N–H and O–H groups in total. The molecular formula is C17H32. The molecule has 0 spiro atoms. The summed E-state index contributed by atoms with van der Waals surface area (Å²) in [6.07, 6.45) is 13.6. The highest BCUT2D eigenvalue weighted by molar-refractivity contribution is 5.09. The molecule has 0 aromatic carbocycles. The van der Waals surface area contributed by atoms with Crippen molar-refractivity contribution in [1.29, 1.82) is 0 Å². The van der Waals surface area contributed by atoms with Gasteiger partial charge in [-0.1, -0.05) is 65.0 Å². The Hall–Kier alpha value is -0.260. The van der Waals surface area contributed by atoms with Crippen LogP contribution < -0.4 is 0 Å². The minimum Gasteiger partial charge on any atom is -0.0853 e. The summed E-state index contributed by atoms with van der Waals surface area (Å²) in [5.74, 6) is 2.84. The minimum absolute atomic E-state index is 0.903. The SMILES string of the molecule is CC/C=C(\CCC)C1CC(CCC)CCC1C. The largest absolute Gasteiger partial charge is 0.0853 e. The van der Waals surface area contributed by atoms with E-state index >= 15 is 0 Å². The molecule has 0 aromatic rings. The van der Waals surface area contributed by atoms with E-state index < -0.39 is 0 Å². The Morgan fingerprint density at radius 2 is 1.88 bits per heavy atom. The van der Waals surface area contributed by atoms with Crippen LogP contribution >= 0.6 is 0 Å². The molecule has 0 saturated heterocycles. The highest BCUT2D eigenvalue weighted by Crippen LogP contribution is 2.41. The lowest BCUT2D eigenvalue weighted by Gasteiger charge is -2.36. The molecule has 1 aliphatic rings. The molecule has 0 heterocycles. The standard InChI is InChI=1S/C17H32/c1-5-8-15-12-11-14(4)17(13-15)16(9-6-2)10-7-3/h9,14-15,17H,5-8,10-13H2,1-4H3/b16-9+. The minimum atomic E-state index is 0.903. The summed E-state index contributed by atoms with van der Waals surface area (Å²) in [5, 5.41) is 0. The van der Waals surface area contributed by atoms with Gasteiger partial charge in [-0.25, -0.2) is 0 Å². The number of hydrogen-bond acceptors (Lipinski definition) is 0. The Labute approximate surface area is 109 Å².